The summed E-state index contributed by atoms with van der Waals surface area (Å²) in [6.45, 7) is 4.53. The topological polar surface area (TPSA) is 95.3 Å². The van der Waals surface area contributed by atoms with Gasteiger partial charge in [-0.2, -0.15) is 0 Å². The third-order valence-electron chi connectivity index (χ3n) is 6.35. The van der Waals surface area contributed by atoms with Crippen LogP contribution in [0.4, 0.5) is 4.79 Å². The van der Waals surface area contributed by atoms with Crippen LogP contribution in [0.15, 0.2) is 52.3 Å². The van der Waals surface area contributed by atoms with Crippen molar-refractivity contribution in [3.05, 3.63) is 69.2 Å². The van der Waals surface area contributed by atoms with Gasteiger partial charge < -0.3 is 19.4 Å². The van der Waals surface area contributed by atoms with Crippen LogP contribution < -0.4 is 5.32 Å². The summed E-state index contributed by atoms with van der Waals surface area (Å²) in [5.74, 6) is -0.386. The lowest BCUT2D eigenvalue weighted by Crippen LogP contribution is -2.49. The zero-order chi connectivity index (χ0) is 25.8. The highest BCUT2D eigenvalue weighted by Crippen LogP contribution is 2.37. The first-order valence-corrected chi connectivity index (χ1v) is 12.5. The zero-order valence-electron chi connectivity index (χ0n) is 20.1. The van der Waals surface area contributed by atoms with Crippen LogP contribution in [0.3, 0.4) is 0 Å². The SMILES string of the molecule is CCOC(=O)C1=C(CN2CCCN(C(=O)c3ccco3)CC2)N(C)C(=O)NC1c1cccc(Cl)c1Cl. The maximum absolute atomic E-state index is 13.2. The number of carbonyl (C=O) groups is 3. The highest BCUT2D eigenvalue weighted by Gasteiger charge is 2.38. The first-order chi connectivity index (χ1) is 17.3. The molecule has 1 saturated heterocycles. The average molecular weight is 535 g/mol. The van der Waals surface area contributed by atoms with Gasteiger partial charge in [-0.3, -0.25) is 14.6 Å². The lowest BCUT2D eigenvalue weighted by atomic mass is 9.94. The van der Waals surface area contributed by atoms with Crippen LogP contribution in [0.2, 0.25) is 10.0 Å². The van der Waals surface area contributed by atoms with Gasteiger partial charge in [0.15, 0.2) is 5.76 Å². The number of rotatable bonds is 6. The molecule has 0 spiro atoms. The van der Waals surface area contributed by atoms with E-state index in [1.807, 2.05) is 0 Å². The van der Waals surface area contributed by atoms with E-state index in [4.69, 9.17) is 32.4 Å². The van der Waals surface area contributed by atoms with Crippen molar-refractivity contribution in [2.45, 2.75) is 19.4 Å². The second-order valence-corrected chi connectivity index (χ2v) is 9.35. The number of likely N-dealkylation sites (N-methyl/N-ethyl adjacent to an activating group) is 1. The fourth-order valence-electron chi connectivity index (χ4n) is 4.47. The molecule has 36 heavy (non-hydrogen) atoms. The van der Waals surface area contributed by atoms with Crippen molar-refractivity contribution in [1.82, 2.24) is 20.0 Å². The highest BCUT2D eigenvalue weighted by molar-refractivity contribution is 6.42. The van der Waals surface area contributed by atoms with Gasteiger partial charge >= 0.3 is 12.0 Å². The van der Waals surface area contributed by atoms with E-state index >= 15 is 0 Å². The lowest BCUT2D eigenvalue weighted by Gasteiger charge is -2.37. The molecule has 1 aromatic carbocycles. The normalized spacial score (nSPS) is 19.2. The summed E-state index contributed by atoms with van der Waals surface area (Å²) in [5, 5.41) is 3.44. The summed E-state index contributed by atoms with van der Waals surface area (Å²) in [6.07, 6.45) is 2.21. The van der Waals surface area contributed by atoms with E-state index < -0.39 is 12.0 Å². The molecule has 11 heteroatoms. The average Bonchev–Trinajstić information content (AvgIpc) is 3.30. The Morgan fingerprint density at radius 3 is 2.67 bits per heavy atom. The predicted octanol–water partition coefficient (Wildman–Crippen LogP) is 3.95. The van der Waals surface area contributed by atoms with Crippen LogP contribution in [0.25, 0.3) is 0 Å². The number of urea groups is 1. The minimum absolute atomic E-state index is 0.155. The predicted molar refractivity (Wildman–Crippen MR) is 135 cm³/mol. The smallest absolute Gasteiger partial charge is 0.338 e. The molecule has 0 radical (unpaired) electrons. The molecule has 1 fully saturated rings. The number of amides is 3. The molecular formula is C25H28Cl2N4O5. The Bertz CT molecular complexity index is 1170. The number of esters is 1. The Kier molecular flexibility index (Phi) is 8.23. The third-order valence-corrected chi connectivity index (χ3v) is 7.18. The van der Waals surface area contributed by atoms with Gasteiger partial charge in [0, 0.05) is 45.5 Å². The molecule has 192 valence electrons. The van der Waals surface area contributed by atoms with E-state index in [-0.39, 0.29) is 23.6 Å². The highest BCUT2D eigenvalue weighted by atomic mass is 35.5. The summed E-state index contributed by atoms with van der Waals surface area (Å²) in [5.41, 5.74) is 1.33. The number of benzene rings is 1. The molecule has 2 aliphatic rings. The first kappa shape index (κ1) is 26.1. The zero-order valence-corrected chi connectivity index (χ0v) is 21.6. The number of furan rings is 1. The van der Waals surface area contributed by atoms with Crippen molar-refractivity contribution in [1.29, 1.82) is 0 Å². The Labute approximate surface area is 219 Å². The molecule has 0 saturated carbocycles. The molecule has 1 atom stereocenters. The molecular weight excluding hydrogens is 507 g/mol. The standard InChI is InChI=1S/C25H28Cl2N4O5/c1-3-35-24(33)20-18(29(2)25(34)28-22(20)16-7-4-8-17(26)21(16)27)15-30-10-6-11-31(13-12-30)23(32)19-9-5-14-36-19/h4-5,7-9,14,22H,3,6,10-13,15H2,1-2H3,(H,28,34). The Morgan fingerprint density at radius 2 is 1.94 bits per heavy atom. The van der Waals surface area contributed by atoms with Gasteiger partial charge in [-0.05, 0) is 37.1 Å². The van der Waals surface area contributed by atoms with Crippen LogP contribution in [0.1, 0.15) is 35.5 Å². The number of hydrogen-bond donors (Lipinski definition) is 1. The summed E-state index contributed by atoms with van der Waals surface area (Å²) in [7, 11) is 1.62. The van der Waals surface area contributed by atoms with Crippen molar-refractivity contribution < 1.29 is 23.5 Å². The minimum atomic E-state index is -0.821. The van der Waals surface area contributed by atoms with E-state index in [2.05, 4.69) is 10.2 Å². The van der Waals surface area contributed by atoms with Gasteiger partial charge in [0.2, 0.25) is 0 Å². The Morgan fingerprint density at radius 1 is 1.14 bits per heavy atom. The van der Waals surface area contributed by atoms with E-state index in [9.17, 15) is 14.4 Å². The molecule has 0 aliphatic carbocycles. The quantitative estimate of drug-likeness (QED) is 0.563. The molecule has 2 aromatic rings. The summed E-state index contributed by atoms with van der Waals surface area (Å²) in [4.78, 5) is 44.2. The maximum Gasteiger partial charge on any atom is 0.338 e. The summed E-state index contributed by atoms with van der Waals surface area (Å²) < 4.78 is 10.7. The third kappa shape index (κ3) is 5.38. The Hall–Kier alpha value is -3.01. The fraction of sp³-hybridized carbons (Fsp3) is 0.400. The van der Waals surface area contributed by atoms with E-state index in [1.54, 1.807) is 49.2 Å². The van der Waals surface area contributed by atoms with Gasteiger partial charge in [0.05, 0.1) is 34.5 Å². The molecule has 9 nitrogen and oxygen atoms in total. The molecule has 0 bridgehead atoms. The number of hydrogen-bond acceptors (Lipinski definition) is 6. The van der Waals surface area contributed by atoms with Crippen molar-refractivity contribution in [3.8, 4) is 0 Å². The minimum Gasteiger partial charge on any atom is -0.463 e. The van der Waals surface area contributed by atoms with Crippen LogP contribution in [0.5, 0.6) is 0 Å². The van der Waals surface area contributed by atoms with Crippen molar-refractivity contribution in [2.24, 2.45) is 0 Å². The molecule has 1 aromatic heterocycles. The second-order valence-electron chi connectivity index (χ2n) is 8.56. The monoisotopic (exact) mass is 534 g/mol. The van der Waals surface area contributed by atoms with Crippen molar-refractivity contribution >= 4 is 41.1 Å². The van der Waals surface area contributed by atoms with Crippen molar-refractivity contribution in [3.63, 3.8) is 0 Å². The van der Waals surface area contributed by atoms with E-state index in [1.165, 1.54) is 11.2 Å². The van der Waals surface area contributed by atoms with Crippen LogP contribution in [-0.2, 0) is 9.53 Å². The molecule has 3 heterocycles. The number of nitrogens with zero attached hydrogens (tertiary/aromatic N) is 3. The number of ether oxygens (including phenoxy) is 1. The van der Waals surface area contributed by atoms with E-state index in [0.29, 0.717) is 60.3 Å². The maximum atomic E-state index is 13.2. The van der Waals surface area contributed by atoms with Crippen LogP contribution in [0, 0.1) is 0 Å². The molecule has 1 unspecified atom stereocenters. The van der Waals surface area contributed by atoms with Gasteiger partial charge in [-0.15, -0.1) is 0 Å². The fourth-order valence-corrected chi connectivity index (χ4v) is 4.89. The largest absolute Gasteiger partial charge is 0.463 e. The van der Waals surface area contributed by atoms with Gasteiger partial charge in [0.25, 0.3) is 5.91 Å². The molecule has 2 aliphatic heterocycles. The van der Waals surface area contributed by atoms with E-state index in [0.717, 1.165) is 6.42 Å². The lowest BCUT2D eigenvalue weighted by molar-refractivity contribution is -0.139. The van der Waals surface area contributed by atoms with Gasteiger partial charge in [0.1, 0.15) is 0 Å². The summed E-state index contributed by atoms with van der Waals surface area (Å²) in [6, 6.07) is 7.24. The molecule has 4 rings (SSSR count). The first-order valence-electron chi connectivity index (χ1n) is 11.7. The second kappa shape index (κ2) is 11.4. The summed E-state index contributed by atoms with van der Waals surface area (Å²) >= 11 is 12.7. The van der Waals surface area contributed by atoms with Crippen molar-refractivity contribution in [2.75, 3.05) is 46.4 Å². The number of carbonyl (C=O) groups excluding carboxylic acids is 3. The van der Waals surface area contributed by atoms with Crippen LogP contribution >= 0.6 is 23.2 Å². The Balaban J connectivity index is 1.64. The molecule has 3 amide bonds. The number of halogens is 2. The van der Waals surface area contributed by atoms with Gasteiger partial charge in [-0.1, -0.05) is 35.3 Å². The number of nitrogens with one attached hydrogen (secondary N) is 1. The van der Waals surface area contributed by atoms with Crippen LogP contribution in [-0.4, -0.2) is 79.0 Å². The molecule has 1 N–H and O–H groups in total. The van der Waals surface area contributed by atoms with Gasteiger partial charge in [-0.25, -0.2) is 9.59 Å².